The third-order valence-corrected chi connectivity index (χ3v) is 8.95. The maximum atomic E-state index is 12.1. The highest BCUT2D eigenvalue weighted by Gasteiger charge is 2.54. The van der Waals surface area contributed by atoms with E-state index in [0.717, 1.165) is 21.4 Å². The van der Waals surface area contributed by atoms with Crippen LogP contribution in [0.2, 0.25) is 0 Å². The molecule has 7 heteroatoms. The predicted molar refractivity (Wildman–Crippen MR) is 102 cm³/mol. The molecule has 26 heavy (non-hydrogen) atoms. The lowest BCUT2D eigenvalue weighted by molar-refractivity contribution is 0.304. The van der Waals surface area contributed by atoms with Crippen molar-refractivity contribution in [1.82, 2.24) is 4.98 Å². The van der Waals surface area contributed by atoms with Gasteiger partial charge in [-0.25, -0.2) is 0 Å². The highest BCUT2D eigenvalue weighted by Crippen LogP contribution is 2.64. The number of rotatable bonds is 3. The molecule has 1 aromatic heterocycles. The fraction of sp³-hybridized carbons (Fsp3) is 0.526. The number of methoxy groups -OCH3 is 2. The number of hydrogen-bond donors (Lipinski definition) is 2. The van der Waals surface area contributed by atoms with Crippen molar-refractivity contribution in [3.8, 4) is 17.2 Å². The van der Waals surface area contributed by atoms with Gasteiger partial charge in [0.1, 0.15) is 0 Å². The molecule has 5 atom stereocenters. The number of thiazole rings is 1. The van der Waals surface area contributed by atoms with Crippen molar-refractivity contribution in [2.45, 2.75) is 35.5 Å². The molecule has 0 spiro atoms. The maximum absolute atomic E-state index is 12.1. The second-order valence-corrected chi connectivity index (χ2v) is 9.66. The van der Waals surface area contributed by atoms with Gasteiger partial charge in [0.2, 0.25) is 5.75 Å². The third kappa shape index (κ3) is 2.26. The molecular weight excluding hydrogens is 370 g/mol. The van der Waals surface area contributed by atoms with Gasteiger partial charge in [-0.15, -0.1) is 11.8 Å². The Kier molecular flexibility index (Phi) is 3.79. The molecule has 1 aromatic carbocycles. The molecule has 2 N–H and O–H groups in total. The molecule has 5 rings (SSSR count). The zero-order valence-electron chi connectivity index (χ0n) is 14.7. The highest BCUT2D eigenvalue weighted by atomic mass is 32.2. The van der Waals surface area contributed by atoms with Gasteiger partial charge in [-0.05, 0) is 54.7 Å². The van der Waals surface area contributed by atoms with Crippen LogP contribution in [-0.4, -0.2) is 29.6 Å². The van der Waals surface area contributed by atoms with Gasteiger partial charge in [-0.1, -0.05) is 11.3 Å². The summed E-state index contributed by atoms with van der Waals surface area (Å²) in [4.78, 5) is 16.3. The fourth-order valence-electron chi connectivity index (χ4n) is 5.32. The van der Waals surface area contributed by atoms with Crippen molar-refractivity contribution in [1.29, 1.82) is 0 Å². The minimum Gasteiger partial charge on any atom is -0.502 e. The molecule has 0 radical (unpaired) electrons. The standard InChI is InChI=1S/C19H21NO4S2/c1-23-11-6-10(7-12(24-2)15(11)21)14-13-8-3-4-9(5-8)16(13)25-18-17(14)26-19(22)20-18/h6-9,13-14,16,21H,3-5H2,1-2H3,(H,20,22)/t8-,9-,13-,14-,16+/m1/s1. The van der Waals surface area contributed by atoms with Crippen LogP contribution in [0.4, 0.5) is 0 Å². The second-order valence-electron chi connectivity index (χ2n) is 7.45. The van der Waals surface area contributed by atoms with Gasteiger partial charge in [0.25, 0.3) is 0 Å². The summed E-state index contributed by atoms with van der Waals surface area (Å²) < 4.78 is 10.8. The number of thioether (sulfide) groups is 1. The monoisotopic (exact) mass is 391 g/mol. The van der Waals surface area contributed by atoms with E-state index >= 15 is 0 Å². The number of benzene rings is 1. The van der Waals surface area contributed by atoms with E-state index in [1.165, 1.54) is 30.6 Å². The Hall–Kier alpha value is -1.60. The number of phenols is 1. The first-order chi connectivity index (χ1) is 12.6. The number of fused-ring (bicyclic) bond motifs is 6. The topological polar surface area (TPSA) is 71.6 Å². The van der Waals surface area contributed by atoms with Crippen molar-refractivity contribution in [3.63, 3.8) is 0 Å². The molecule has 2 bridgehead atoms. The largest absolute Gasteiger partial charge is 0.502 e. The van der Waals surface area contributed by atoms with E-state index in [1.54, 1.807) is 14.2 Å². The summed E-state index contributed by atoms with van der Waals surface area (Å²) in [5.41, 5.74) is 1.07. The first-order valence-electron chi connectivity index (χ1n) is 8.95. The molecule has 0 amide bonds. The first kappa shape index (κ1) is 16.6. The SMILES string of the molecule is COc1cc([C@H]2c3sc(=O)[nH]c3S[C@H]3[C@@H]4CC[C@H](C4)[C@H]23)cc(OC)c1O. The summed E-state index contributed by atoms with van der Waals surface area (Å²) in [6.45, 7) is 0. The molecule has 3 aliphatic rings. The lowest BCUT2D eigenvalue weighted by Gasteiger charge is -2.40. The van der Waals surface area contributed by atoms with Crippen molar-refractivity contribution < 1.29 is 14.6 Å². The van der Waals surface area contributed by atoms with Gasteiger partial charge in [-0.2, -0.15) is 0 Å². The third-order valence-electron chi connectivity index (χ3n) is 6.33. The van der Waals surface area contributed by atoms with E-state index in [4.69, 9.17) is 9.47 Å². The van der Waals surface area contributed by atoms with E-state index in [-0.39, 0.29) is 16.5 Å². The number of aromatic amines is 1. The number of nitrogens with one attached hydrogen (secondary N) is 1. The van der Waals surface area contributed by atoms with Crippen molar-refractivity contribution in [2.75, 3.05) is 14.2 Å². The molecule has 2 heterocycles. The average molecular weight is 392 g/mol. The number of aromatic nitrogens is 1. The number of phenolic OH excluding ortho intramolecular Hbond substituents is 1. The Bertz CT molecular complexity index is 895. The molecule has 0 saturated heterocycles. The Morgan fingerprint density at radius 2 is 1.85 bits per heavy atom. The van der Waals surface area contributed by atoms with Crippen molar-refractivity contribution in [3.05, 3.63) is 32.2 Å². The minimum absolute atomic E-state index is 0.0116. The van der Waals surface area contributed by atoms with E-state index in [0.29, 0.717) is 28.6 Å². The minimum atomic E-state index is 0.0116. The molecule has 138 valence electrons. The Morgan fingerprint density at radius 1 is 1.15 bits per heavy atom. The summed E-state index contributed by atoms with van der Waals surface area (Å²) >= 11 is 3.20. The van der Waals surface area contributed by atoms with Crippen molar-refractivity contribution >= 4 is 23.1 Å². The van der Waals surface area contributed by atoms with Crippen LogP contribution in [0.3, 0.4) is 0 Å². The normalized spacial score (nSPS) is 31.5. The fourth-order valence-corrected chi connectivity index (χ4v) is 8.21. The van der Waals surface area contributed by atoms with Crippen LogP contribution in [-0.2, 0) is 0 Å². The molecule has 0 unspecified atom stereocenters. The number of aromatic hydroxyl groups is 1. The van der Waals surface area contributed by atoms with Gasteiger partial charge in [0.05, 0.1) is 19.2 Å². The van der Waals surface area contributed by atoms with Crippen LogP contribution >= 0.6 is 23.1 Å². The highest BCUT2D eigenvalue weighted by molar-refractivity contribution is 8.00. The van der Waals surface area contributed by atoms with E-state index in [9.17, 15) is 9.90 Å². The van der Waals surface area contributed by atoms with Crippen LogP contribution in [0.15, 0.2) is 22.0 Å². The maximum Gasteiger partial charge on any atom is 0.305 e. The van der Waals surface area contributed by atoms with Crippen LogP contribution < -0.4 is 14.3 Å². The summed E-state index contributed by atoms with van der Waals surface area (Å²) in [5, 5.41) is 11.9. The van der Waals surface area contributed by atoms with E-state index in [2.05, 4.69) is 4.98 Å². The summed E-state index contributed by atoms with van der Waals surface area (Å²) in [6, 6.07) is 3.82. The molecular formula is C19H21NO4S2. The van der Waals surface area contributed by atoms with E-state index < -0.39 is 0 Å². The quantitative estimate of drug-likeness (QED) is 0.832. The Balaban J connectivity index is 1.70. The lowest BCUT2D eigenvalue weighted by Crippen LogP contribution is -2.33. The first-order valence-corrected chi connectivity index (χ1v) is 10.6. The molecule has 2 aromatic rings. The van der Waals surface area contributed by atoms with Gasteiger partial charge >= 0.3 is 4.87 Å². The smallest absolute Gasteiger partial charge is 0.305 e. The van der Waals surface area contributed by atoms with Crippen molar-refractivity contribution in [2.24, 2.45) is 17.8 Å². The molecule has 2 fully saturated rings. The Labute approximate surface area is 159 Å². The molecule has 5 nitrogen and oxygen atoms in total. The van der Waals surface area contributed by atoms with Crippen LogP contribution in [0, 0.1) is 17.8 Å². The lowest BCUT2D eigenvalue weighted by atomic mass is 9.75. The van der Waals surface area contributed by atoms with Gasteiger partial charge in [0, 0.05) is 16.0 Å². The zero-order chi connectivity index (χ0) is 18.0. The van der Waals surface area contributed by atoms with E-state index in [1.807, 2.05) is 23.9 Å². The van der Waals surface area contributed by atoms with Crippen LogP contribution in [0.25, 0.3) is 0 Å². The predicted octanol–water partition coefficient (Wildman–Crippen LogP) is 3.81. The van der Waals surface area contributed by atoms with Gasteiger partial charge in [-0.3, -0.25) is 4.79 Å². The average Bonchev–Trinajstić information content (AvgIpc) is 3.33. The molecule has 1 aliphatic heterocycles. The van der Waals surface area contributed by atoms with Gasteiger partial charge in [0.15, 0.2) is 11.5 Å². The zero-order valence-corrected chi connectivity index (χ0v) is 16.3. The molecule has 2 aliphatic carbocycles. The summed E-state index contributed by atoms with van der Waals surface area (Å²) in [7, 11) is 3.10. The summed E-state index contributed by atoms with van der Waals surface area (Å²) in [5.74, 6) is 2.99. The van der Waals surface area contributed by atoms with Crippen LogP contribution in [0.1, 0.15) is 35.6 Å². The summed E-state index contributed by atoms with van der Waals surface area (Å²) in [6.07, 6.45) is 3.88. The van der Waals surface area contributed by atoms with Gasteiger partial charge < -0.3 is 19.6 Å². The Morgan fingerprint density at radius 3 is 2.54 bits per heavy atom. The second kappa shape index (κ2) is 5.96. The number of ether oxygens (including phenoxy) is 2. The van der Waals surface area contributed by atoms with Crippen LogP contribution in [0.5, 0.6) is 17.2 Å². The number of hydrogen-bond acceptors (Lipinski definition) is 6. The number of H-pyrrole nitrogens is 1. The molecule has 2 saturated carbocycles.